The second-order valence-electron chi connectivity index (χ2n) is 4.39. The summed E-state index contributed by atoms with van der Waals surface area (Å²) >= 11 is 0. The molecule has 102 valence electrons. The van der Waals surface area contributed by atoms with Crippen LogP contribution in [0.15, 0.2) is 12.7 Å². The second-order valence-corrected chi connectivity index (χ2v) is 4.39. The van der Waals surface area contributed by atoms with E-state index in [1.165, 1.54) is 6.33 Å². The Morgan fingerprint density at radius 2 is 2.37 bits per heavy atom. The minimum Gasteiger partial charge on any atom is -0.740 e. The van der Waals surface area contributed by atoms with Crippen molar-refractivity contribution < 1.29 is 19.7 Å². The summed E-state index contributed by atoms with van der Waals surface area (Å²) in [6.45, 7) is -0.263. The smallest absolute Gasteiger partial charge is 0.251 e. The molecule has 0 bridgehead atoms. The van der Waals surface area contributed by atoms with Gasteiger partial charge in [0.05, 0.1) is 12.7 Å². The van der Waals surface area contributed by atoms with Crippen molar-refractivity contribution in [3.8, 4) is 0 Å². The van der Waals surface area contributed by atoms with Gasteiger partial charge in [-0.15, -0.1) is 0 Å². The summed E-state index contributed by atoms with van der Waals surface area (Å²) in [5.41, 5.74) is 6.30. The van der Waals surface area contributed by atoms with E-state index < -0.39 is 18.4 Å². The molecule has 1 unspecified atom stereocenters. The third-order valence-corrected chi connectivity index (χ3v) is 3.23. The van der Waals surface area contributed by atoms with E-state index in [9.17, 15) is 10.3 Å². The quantitative estimate of drug-likeness (QED) is 0.435. The van der Waals surface area contributed by atoms with E-state index >= 15 is 0 Å². The number of fused-ring (bicyclic) bond motifs is 1. The van der Waals surface area contributed by atoms with Gasteiger partial charge in [0.1, 0.15) is 18.7 Å². The topological polar surface area (TPSA) is 133 Å². The van der Waals surface area contributed by atoms with Crippen LogP contribution in [0.1, 0.15) is 12.6 Å². The van der Waals surface area contributed by atoms with Crippen LogP contribution in [0.2, 0.25) is 0 Å². The van der Waals surface area contributed by atoms with E-state index in [-0.39, 0.29) is 17.9 Å². The normalized spacial score (nSPS) is 27.2. The van der Waals surface area contributed by atoms with E-state index in [0.29, 0.717) is 16.8 Å². The Morgan fingerprint density at radius 1 is 1.58 bits per heavy atom. The van der Waals surface area contributed by atoms with Crippen LogP contribution in [0.25, 0.3) is 11.2 Å². The number of anilines is 1. The van der Waals surface area contributed by atoms with Gasteiger partial charge < -0.3 is 25.9 Å². The van der Waals surface area contributed by atoms with Crippen molar-refractivity contribution in [1.29, 1.82) is 0 Å². The lowest BCUT2D eigenvalue weighted by Crippen LogP contribution is -2.31. The van der Waals surface area contributed by atoms with Crippen LogP contribution in [0, 0.1) is 5.21 Å². The van der Waals surface area contributed by atoms with Crippen molar-refractivity contribution in [1.82, 2.24) is 14.5 Å². The first-order valence-electron chi connectivity index (χ1n) is 5.76. The maximum atomic E-state index is 11.3. The number of aromatic nitrogens is 4. The molecule has 2 aromatic rings. The lowest BCUT2D eigenvalue weighted by molar-refractivity contribution is -0.592. The van der Waals surface area contributed by atoms with E-state index in [0.717, 1.165) is 6.33 Å². The van der Waals surface area contributed by atoms with E-state index in [1.54, 1.807) is 4.57 Å². The van der Waals surface area contributed by atoms with Crippen LogP contribution in [-0.4, -0.2) is 43.6 Å². The molecule has 0 radical (unpaired) electrons. The summed E-state index contributed by atoms with van der Waals surface area (Å²) in [5, 5.41) is 30.1. The van der Waals surface area contributed by atoms with Gasteiger partial charge in [-0.3, -0.25) is 4.57 Å². The lowest BCUT2D eigenvalue weighted by Gasteiger charge is -2.12. The molecule has 4 N–H and O–H groups in total. The highest BCUT2D eigenvalue weighted by molar-refractivity contribution is 5.79. The van der Waals surface area contributed by atoms with Gasteiger partial charge >= 0.3 is 0 Å². The average Bonchev–Trinajstić information content (AvgIpc) is 2.97. The molecule has 3 heterocycles. The molecule has 3 atom stereocenters. The number of ether oxygens (including phenoxy) is 1. The minimum atomic E-state index is -0.752. The first kappa shape index (κ1) is 12.1. The molecule has 0 saturated carbocycles. The Labute approximate surface area is 107 Å². The Bertz CT molecular complexity index is 615. The van der Waals surface area contributed by atoms with E-state index in [4.69, 9.17) is 15.6 Å². The molecule has 2 aromatic heterocycles. The van der Waals surface area contributed by atoms with Crippen LogP contribution in [0.4, 0.5) is 5.82 Å². The second kappa shape index (κ2) is 4.30. The molecule has 1 aliphatic rings. The van der Waals surface area contributed by atoms with Gasteiger partial charge in [0.15, 0.2) is 5.52 Å². The fourth-order valence-electron chi connectivity index (χ4n) is 2.20. The molecule has 3 rings (SSSR count). The predicted octanol–water partition coefficient (Wildman–Crippen LogP) is -1.71. The number of nitrogens with zero attached hydrogens (tertiary/aromatic N) is 4. The zero-order valence-corrected chi connectivity index (χ0v) is 9.88. The largest absolute Gasteiger partial charge is 0.740 e. The SMILES string of the molecule is Nc1c2ncn([C@H]3CC(O)[C@@H](CO)O3)c2nc[n+]1[O-]. The van der Waals surface area contributed by atoms with Crippen LogP contribution in [-0.2, 0) is 4.74 Å². The third-order valence-electron chi connectivity index (χ3n) is 3.23. The van der Waals surface area contributed by atoms with Crippen molar-refractivity contribution in [2.45, 2.75) is 24.9 Å². The number of rotatable bonds is 2. The molecule has 9 heteroatoms. The maximum absolute atomic E-state index is 11.3. The minimum absolute atomic E-state index is 0.0407. The summed E-state index contributed by atoms with van der Waals surface area (Å²) in [5.74, 6) is -0.0407. The first-order chi connectivity index (χ1) is 9.11. The van der Waals surface area contributed by atoms with Gasteiger partial charge in [-0.05, 0) is 0 Å². The van der Waals surface area contributed by atoms with Crippen molar-refractivity contribution in [2.24, 2.45) is 0 Å². The molecule has 0 spiro atoms. The Hall–Kier alpha value is -1.97. The third kappa shape index (κ3) is 1.79. The summed E-state index contributed by atoms with van der Waals surface area (Å²) < 4.78 is 7.52. The van der Waals surface area contributed by atoms with E-state index in [1.807, 2.05) is 0 Å². The van der Waals surface area contributed by atoms with Gasteiger partial charge in [-0.2, -0.15) is 0 Å². The standard InChI is InChI=1S/C10H13N5O4/c11-9-8-10(13-4-15(9)18)14(3-12-8)7-1-5(17)6(2-16)19-7/h3-7,16-17H,1-2,11H2/t5?,6-,7-/m1/s1. The zero-order chi connectivity index (χ0) is 13.6. The maximum Gasteiger partial charge on any atom is 0.251 e. The van der Waals surface area contributed by atoms with E-state index in [2.05, 4.69) is 9.97 Å². The molecule has 1 saturated heterocycles. The fourth-order valence-corrected chi connectivity index (χ4v) is 2.20. The molecular weight excluding hydrogens is 254 g/mol. The summed E-state index contributed by atoms with van der Waals surface area (Å²) in [4.78, 5) is 8.00. The number of imidazole rings is 1. The zero-order valence-electron chi connectivity index (χ0n) is 9.88. The number of aliphatic hydroxyl groups excluding tert-OH is 2. The number of hydrogen-bond donors (Lipinski definition) is 3. The lowest BCUT2D eigenvalue weighted by atomic mass is 10.2. The molecule has 0 aromatic carbocycles. The number of hydrogen-bond acceptors (Lipinski definition) is 7. The molecule has 0 aliphatic carbocycles. The monoisotopic (exact) mass is 267 g/mol. The molecular formula is C10H13N5O4. The molecule has 1 fully saturated rings. The summed E-state index contributed by atoms with van der Waals surface area (Å²) in [6, 6.07) is 0. The van der Waals surface area contributed by atoms with Crippen LogP contribution in [0.3, 0.4) is 0 Å². The van der Waals surface area contributed by atoms with Crippen molar-refractivity contribution in [2.75, 3.05) is 12.3 Å². The Balaban J connectivity index is 2.01. The predicted molar refractivity (Wildman–Crippen MR) is 62.5 cm³/mol. The molecule has 9 nitrogen and oxygen atoms in total. The molecule has 19 heavy (non-hydrogen) atoms. The highest BCUT2D eigenvalue weighted by Gasteiger charge is 2.35. The Kier molecular flexibility index (Phi) is 2.73. The summed E-state index contributed by atoms with van der Waals surface area (Å²) in [6.07, 6.45) is 0.929. The first-order valence-corrected chi connectivity index (χ1v) is 5.76. The van der Waals surface area contributed by atoms with Crippen molar-refractivity contribution in [3.05, 3.63) is 17.9 Å². The van der Waals surface area contributed by atoms with Crippen molar-refractivity contribution in [3.63, 3.8) is 0 Å². The number of nitrogens with two attached hydrogens (primary N) is 1. The van der Waals surface area contributed by atoms with Gasteiger partial charge in [-0.1, -0.05) is 4.98 Å². The Morgan fingerprint density at radius 3 is 3.05 bits per heavy atom. The number of nitrogen functional groups attached to an aromatic ring is 1. The molecule has 1 aliphatic heterocycles. The average molecular weight is 267 g/mol. The summed E-state index contributed by atoms with van der Waals surface area (Å²) in [7, 11) is 0. The van der Waals surface area contributed by atoms with Gasteiger partial charge in [0.2, 0.25) is 12.0 Å². The van der Waals surface area contributed by atoms with Crippen molar-refractivity contribution >= 4 is 17.0 Å². The van der Waals surface area contributed by atoms with Gasteiger partial charge in [0, 0.05) is 6.42 Å². The highest BCUT2D eigenvalue weighted by atomic mass is 16.5. The van der Waals surface area contributed by atoms with Gasteiger partial charge in [0.25, 0.3) is 5.82 Å². The fraction of sp³-hybridized carbons (Fsp3) is 0.500. The van der Waals surface area contributed by atoms with Crippen LogP contribution in [0.5, 0.6) is 0 Å². The van der Waals surface area contributed by atoms with Crippen LogP contribution < -0.4 is 10.5 Å². The highest BCUT2D eigenvalue weighted by Crippen LogP contribution is 2.30. The number of aliphatic hydroxyl groups is 2. The van der Waals surface area contributed by atoms with Gasteiger partial charge in [-0.25, -0.2) is 9.71 Å². The molecule has 0 amide bonds. The van der Waals surface area contributed by atoms with Crippen LogP contribution >= 0.6 is 0 Å².